The van der Waals surface area contributed by atoms with Crippen molar-refractivity contribution in [1.29, 1.82) is 0 Å². The van der Waals surface area contributed by atoms with E-state index in [1.54, 1.807) is 39.0 Å². The van der Waals surface area contributed by atoms with Crippen molar-refractivity contribution in [3.05, 3.63) is 75.9 Å². The lowest BCUT2D eigenvalue weighted by Crippen LogP contribution is -2.43. The van der Waals surface area contributed by atoms with Crippen LogP contribution in [0.15, 0.2) is 58.5 Å². The standard InChI is InChI=1S/C24H25NO6S/c1-5-31-24(28)21(25-32(29,30)18-9-6-14(2)7-10-18)13-17-8-11-19-20(12-17)23(27)16(4)15(3)22(19)26/h6-12,21,25H,5,13H2,1-4H3. The Morgan fingerprint density at radius 3 is 2.12 bits per heavy atom. The molecule has 168 valence electrons. The molecule has 7 nitrogen and oxygen atoms in total. The summed E-state index contributed by atoms with van der Waals surface area (Å²) in [5, 5.41) is 0. The Kier molecular flexibility index (Phi) is 6.76. The number of carbonyl (C=O) groups is 3. The van der Waals surface area contributed by atoms with Gasteiger partial charge in [-0.3, -0.25) is 14.4 Å². The molecule has 0 saturated carbocycles. The third-order valence-corrected chi connectivity index (χ3v) is 6.94. The van der Waals surface area contributed by atoms with Gasteiger partial charge in [-0.1, -0.05) is 29.8 Å². The highest BCUT2D eigenvalue weighted by molar-refractivity contribution is 7.89. The molecule has 1 aliphatic carbocycles. The summed E-state index contributed by atoms with van der Waals surface area (Å²) in [7, 11) is -3.99. The van der Waals surface area contributed by atoms with E-state index in [4.69, 9.17) is 4.74 Å². The Morgan fingerprint density at radius 2 is 1.53 bits per heavy atom. The number of nitrogens with one attached hydrogen (secondary N) is 1. The molecule has 1 atom stereocenters. The van der Waals surface area contributed by atoms with Crippen LogP contribution < -0.4 is 4.72 Å². The molecule has 0 aliphatic heterocycles. The van der Waals surface area contributed by atoms with Gasteiger partial charge >= 0.3 is 5.97 Å². The zero-order valence-electron chi connectivity index (χ0n) is 18.4. The Labute approximate surface area is 187 Å². The van der Waals surface area contributed by atoms with Gasteiger partial charge in [0.15, 0.2) is 11.6 Å². The van der Waals surface area contributed by atoms with Crippen molar-refractivity contribution in [3.63, 3.8) is 0 Å². The van der Waals surface area contributed by atoms with Gasteiger partial charge in [-0.2, -0.15) is 4.72 Å². The van der Waals surface area contributed by atoms with E-state index in [-0.39, 0.29) is 35.1 Å². The number of allylic oxidation sites excluding steroid dienone is 2. The van der Waals surface area contributed by atoms with Crippen molar-refractivity contribution >= 4 is 27.6 Å². The molecule has 0 aromatic heterocycles. The molecule has 0 amide bonds. The van der Waals surface area contributed by atoms with Gasteiger partial charge < -0.3 is 4.74 Å². The molecule has 3 rings (SSSR count). The topological polar surface area (TPSA) is 107 Å². The van der Waals surface area contributed by atoms with Crippen LogP contribution in [-0.2, 0) is 26.0 Å². The molecule has 0 heterocycles. The first kappa shape index (κ1) is 23.6. The van der Waals surface area contributed by atoms with Crippen molar-refractivity contribution in [1.82, 2.24) is 4.72 Å². The van der Waals surface area contributed by atoms with E-state index in [0.717, 1.165) is 5.56 Å². The number of ketones is 2. The van der Waals surface area contributed by atoms with Gasteiger partial charge in [-0.15, -0.1) is 0 Å². The van der Waals surface area contributed by atoms with Gasteiger partial charge in [0.1, 0.15) is 6.04 Å². The number of fused-ring (bicyclic) bond motifs is 1. The molecule has 1 N–H and O–H groups in total. The summed E-state index contributed by atoms with van der Waals surface area (Å²) in [6, 6.07) is 9.74. The fourth-order valence-electron chi connectivity index (χ4n) is 3.47. The Balaban J connectivity index is 1.92. The third-order valence-electron chi connectivity index (χ3n) is 5.46. The van der Waals surface area contributed by atoms with Crippen LogP contribution >= 0.6 is 0 Å². The van der Waals surface area contributed by atoms with Crippen molar-refractivity contribution in [3.8, 4) is 0 Å². The van der Waals surface area contributed by atoms with Crippen LogP contribution in [0.5, 0.6) is 0 Å². The smallest absolute Gasteiger partial charge is 0.324 e. The minimum Gasteiger partial charge on any atom is -0.465 e. The van der Waals surface area contributed by atoms with Crippen molar-refractivity contribution < 1.29 is 27.5 Å². The van der Waals surface area contributed by atoms with E-state index in [2.05, 4.69) is 4.72 Å². The molecule has 0 radical (unpaired) electrons. The second-order valence-corrected chi connectivity index (χ2v) is 9.45. The quantitative estimate of drug-likeness (QED) is 0.643. The minimum absolute atomic E-state index is 0.0276. The maximum atomic E-state index is 12.8. The number of esters is 1. The Bertz CT molecular complexity index is 1230. The summed E-state index contributed by atoms with van der Waals surface area (Å²) < 4.78 is 33.2. The first-order valence-electron chi connectivity index (χ1n) is 10.2. The lowest BCUT2D eigenvalue weighted by molar-refractivity contribution is -0.145. The summed E-state index contributed by atoms with van der Waals surface area (Å²) >= 11 is 0. The zero-order valence-corrected chi connectivity index (χ0v) is 19.2. The zero-order chi connectivity index (χ0) is 23.6. The molecule has 1 aliphatic rings. The van der Waals surface area contributed by atoms with E-state index in [1.165, 1.54) is 24.3 Å². The second kappa shape index (κ2) is 9.18. The number of rotatable bonds is 7. The summed E-state index contributed by atoms with van der Waals surface area (Å²) in [5.41, 5.74) is 2.77. The van der Waals surface area contributed by atoms with Gasteiger partial charge in [-0.05, 0) is 57.9 Å². The van der Waals surface area contributed by atoms with Crippen molar-refractivity contribution in [2.45, 2.75) is 45.1 Å². The average Bonchev–Trinajstić information content (AvgIpc) is 2.76. The number of Topliss-reactive ketones (excluding diaryl/α,β-unsaturated/α-hetero) is 2. The van der Waals surface area contributed by atoms with Crippen LogP contribution in [0.4, 0.5) is 0 Å². The summed E-state index contributed by atoms with van der Waals surface area (Å²) in [4.78, 5) is 37.7. The summed E-state index contributed by atoms with van der Waals surface area (Å²) in [6.07, 6.45) is -0.0413. The molecule has 0 bridgehead atoms. The van der Waals surface area contributed by atoms with Crippen LogP contribution in [0, 0.1) is 6.92 Å². The lowest BCUT2D eigenvalue weighted by Gasteiger charge is -2.20. The van der Waals surface area contributed by atoms with Crippen LogP contribution in [0.2, 0.25) is 0 Å². The molecule has 2 aromatic carbocycles. The third kappa shape index (κ3) is 4.71. The molecule has 0 saturated heterocycles. The fraction of sp³-hybridized carbons (Fsp3) is 0.292. The number of aryl methyl sites for hydroxylation is 1. The molecule has 32 heavy (non-hydrogen) atoms. The molecule has 8 heteroatoms. The number of hydrogen-bond donors (Lipinski definition) is 1. The predicted octanol–water partition coefficient (Wildman–Crippen LogP) is 3.16. The maximum absolute atomic E-state index is 12.8. The van der Waals surface area contributed by atoms with E-state index in [0.29, 0.717) is 22.3 Å². The van der Waals surface area contributed by atoms with Gasteiger partial charge in [0.2, 0.25) is 10.0 Å². The van der Waals surface area contributed by atoms with Gasteiger partial charge in [0.05, 0.1) is 11.5 Å². The number of sulfonamides is 1. The average molecular weight is 456 g/mol. The number of benzene rings is 2. The van der Waals surface area contributed by atoms with Crippen LogP contribution in [0.1, 0.15) is 52.6 Å². The first-order chi connectivity index (χ1) is 15.0. The fourth-order valence-corrected chi connectivity index (χ4v) is 4.66. The summed E-state index contributed by atoms with van der Waals surface area (Å²) in [6.45, 7) is 6.77. The van der Waals surface area contributed by atoms with Gasteiger partial charge in [0.25, 0.3) is 0 Å². The van der Waals surface area contributed by atoms with E-state index < -0.39 is 22.0 Å². The van der Waals surface area contributed by atoms with E-state index >= 15 is 0 Å². The number of ether oxygens (including phenoxy) is 1. The van der Waals surface area contributed by atoms with Gasteiger partial charge in [0, 0.05) is 22.3 Å². The molecular formula is C24H25NO6S. The number of hydrogen-bond acceptors (Lipinski definition) is 6. The molecule has 0 fully saturated rings. The normalized spacial score (nSPS) is 14.9. The monoisotopic (exact) mass is 455 g/mol. The lowest BCUT2D eigenvalue weighted by atomic mass is 9.84. The maximum Gasteiger partial charge on any atom is 0.324 e. The minimum atomic E-state index is -3.99. The first-order valence-corrected chi connectivity index (χ1v) is 11.7. The largest absolute Gasteiger partial charge is 0.465 e. The molecule has 1 unspecified atom stereocenters. The van der Waals surface area contributed by atoms with Crippen LogP contribution in [-0.4, -0.2) is 38.6 Å². The van der Waals surface area contributed by atoms with E-state index in [1.807, 2.05) is 6.92 Å². The Hall–Kier alpha value is -3.10. The summed E-state index contributed by atoms with van der Waals surface area (Å²) in [5.74, 6) is -1.20. The van der Waals surface area contributed by atoms with Crippen molar-refractivity contribution in [2.75, 3.05) is 6.61 Å². The molecule has 0 spiro atoms. The molecule has 2 aromatic rings. The van der Waals surface area contributed by atoms with Crippen molar-refractivity contribution in [2.24, 2.45) is 0 Å². The Morgan fingerprint density at radius 1 is 0.938 bits per heavy atom. The van der Waals surface area contributed by atoms with Crippen LogP contribution in [0.3, 0.4) is 0 Å². The SMILES string of the molecule is CCOC(=O)C(Cc1ccc2c(c1)C(=O)C(C)=C(C)C2=O)NS(=O)(=O)c1ccc(C)cc1. The highest BCUT2D eigenvalue weighted by Crippen LogP contribution is 2.27. The second-order valence-electron chi connectivity index (χ2n) is 7.73. The number of carbonyl (C=O) groups excluding carboxylic acids is 3. The van der Waals surface area contributed by atoms with Crippen LogP contribution in [0.25, 0.3) is 0 Å². The van der Waals surface area contributed by atoms with Gasteiger partial charge in [-0.25, -0.2) is 8.42 Å². The predicted molar refractivity (Wildman–Crippen MR) is 119 cm³/mol. The highest BCUT2D eigenvalue weighted by atomic mass is 32.2. The molecular weight excluding hydrogens is 430 g/mol. The van der Waals surface area contributed by atoms with E-state index in [9.17, 15) is 22.8 Å². The highest BCUT2D eigenvalue weighted by Gasteiger charge is 2.30.